The average molecular weight is 360 g/mol. The first kappa shape index (κ1) is 16.9. The van der Waals surface area contributed by atoms with Crippen LogP contribution in [0, 0.1) is 0 Å². The molecular formula is C21H20N4O2. The monoisotopic (exact) mass is 360 g/mol. The van der Waals surface area contributed by atoms with Crippen LogP contribution in [0.2, 0.25) is 0 Å². The molecule has 0 aromatic heterocycles. The van der Waals surface area contributed by atoms with Gasteiger partial charge < -0.3 is 16.0 Å². The van der Waals surface area contributed by atoms with Crippen LogP contribution in [0.5, 0.6) is 0 Å². The Morgan fingerprint density at radius 1 is 1.07 bits per heavy atom. The number of nitrogens with two attached hydrogens (primary N) is 1. The van der Waals surface area contributed by atoms with Gasteiger partial charge in [0.1, 0.15) is 5.82 Å². The minimum Gasteiger partial charge on any atom is -0.367 e. The zero-order valence-corrected chi connectivity index (χ0v) is 14.8. The maximum absolute atomic E-state index is 13.4. The first-order valence-electron chi connectivity index (χ1n) is 8.80. The molecule has 136 valence electrons. The van der Waals surface area contributed by atoms with Crippen LogP contribution < -0.4 is 16.0 Å². The molecule has 0 saturated heterocycles. The molecule has 2 aromatic rings. The van der Waals surface area contributed by atoms with Gasteiger partial charge in [0, 0.05) is 18.7 Å². The summed E-state index contributed by atoms with van der Waals surface area (Å²) in [5.74, 6) is 0.146. The quantitative estimate of drug-likeness (QED) is 0.880. The van der Waals surface area contributed by atoms with E-state index in [4.69, 9.17) is 5.73 Å². The fraction of sp³-hybridized carbons (Fsp3) is 0.143. The highest BCUT2D eigenvalue weighted by atomic mass is 16.2. The smallest absolute Gasteiger partial charge is 0.330 e. The van der Waals surface area contributed by atoms with E-state index in [0.29, 0.717) is 36.7 Å². The van der Waals surface area contributed by atoms with E-state index in [9.17, 15) is 9.59 Å². The van der Waals surface area contributed by atoms with E-state index in [2.05, 4.69) is 5.32 Å². The van der Waals surface area contributed by atoms with Crippen LogP contribution in [0.1, 0.15) is 15.9 Å². The van der Waals surface area contributed by atoms with Crippen molar-refractivity contribution in [3.63, 3.8) is 0 Å². The van der Waals surface area contributed by atoms with Gasteiger partial charge >= 0.3 is 6.03 Å². The Labute approximate surface area is 157 Å². The SMILES string of the molecule is NC(=O)c1ccccc1N1C(=O)N(Cc2ccccc2)CC2=C1NCC=C2. The van der Waals surface area contributed by atoms with E-state index in [1.807, 2.05) is 42.5 Å². The summed E-state index contributed by atoms with van der Waals surface area (Å²) in [7, 11) is 0. The van der Waals surface area contributed by atoms with Crippen LogP contribution in [0.4, 0.5) is 10.5 Å². The number of hydrogen-bond acceptors (Lipinski definition) is 3. The maximum Gasteiger partial charge on any atom is 0.330 e. The predicted octanol–water partition coefficient (Wildman–Crippen LogP) is 2.60. The van der Waals surface area contributed by atoms with Crippen LogP contribution in [0.15, 0.2) is 78.1 Å². The largest absolute Gasteiger partial charge is 0.367 e. The number of amides is 3. The van der Waals surface area contributed by atoms with Gasteiger partial charge in [0.15, 0.2) is 0 Å². The number of carbonyl (C=O) groups is 2. The van der Waals surface area contributed by atoms with E-state index < -0.39 is 5.91 Å². The number of anilines is 1. The number of dihydropyridines is 1. The minimum absolute atomic E-state index is 0.186. The Kier molecular flexibility index (Phi) is 4.38. The predicted molar refractivity (Wildman–Crippen MR) is 104 cm³/mol. The highest BCUT2D eigenvalue weighted by molar-refractivity contribution is 6.05. The number of benzene rings is 2. The lowest BCUT2D eigenvalue weighted by atomic mass is 10.1. The molecule has 6 nitrogen and oxygen atoms in total. The summed E-state index contributed by atoms with van der Waals surface area (Å²) < 4.78 is 0. The molecule has 2 heterocycles. The molecule has 3 amide bonds. The molecule has 3 N–H and O–H groups in total. The number of nitrogens with zero attached hydrogens (tertiary/aromatic N) is 2. The standard InChI is InChI=1S/C21H20N4O2/c22-19(26)17-10-4-5-11-18(17)25-20-16(9-6-12-23-20)14-24(21(25)27)13-15-7-2-1-3-8-15/h1-11,23H,12-14H2,(H2,22,26). The van der Waals surface area contributed by atoms with Gasteiger partial charge in [0.2, 0.25) is 0 Å². The number of nitrogens with one attached hydrogen (secondary N) is 1. The van der Waals surface area contributed by atoms with Gasteiger partial charge in [0.25, 0.3) is 5.91 Å². The lowest BCUT2D eigenvalue weighted by Crippen LogP contribution is -2.52. The molecule has 0 unspecified atom stereocenters. The van der Waals surface area contributed by atoms with Crippen molar-refractivity contribution in [3.05, 3.63) is 89.3 Å². The first-order chi connectivity index (χ1) is 13.1. The van der Waals surface area contributed by atoms with E-state index in [1.165, 1.54) is 0 Å². The van der Waals surface area contributed by atoms with Crippen molar-refractivity contribution in [2.75, 3.05) is 18.0 Å². The Morgan fingerprint density at radius 2 is 1.81 bits per heavy atom. The molecule has 4 rings (SSSR count). The Bertz CT molecular complexity index is 950. The Hall–Kier alpha value is -3.54. The number of carbonyl (C=O) groups excluding carboxylic acids is 2. The van der Waals surface area contributed by atoms with Crippen LogP contribution in [-0.4, -0.2) is 29.9 Å². The summed E-state index contributed by atoms with van der Waals surface area (Å²) in [4.78, 5) is 28.6. The van der Waals surface area contributed by atoms with Crippen molar-refractivity contribution >= 4 is 17.6 Å². The van der Waals surface area contributed by atoms with Crippen molar-refractivity contribution in [2.45, 2.75) is 6.54 Å². The zero-order valence-electron chi connectivity index (χ0n) is 14.8. The Morgan fingerprint density at radius 3 is 2.59 bits per heavy atom. The van der Waals surface area contributed by atoms with Crippen molar-refractivity contribution < 1.29 is 9.59 Å². The van der Waals surface area contributed by atoms with E-state index in [-0.39, 0.29) is 6.03 Å². The second kappa shape index (κ2) is 6.99. The molecule has 2 aromatic carbocycles. The summed E-state index contributed by atoms with van der Waals surface area (Å²) in [5.41, 5.74) is 8.40. The van der Waals surface area contributed by atoms with E-state index in [0.717, 1.165) is 11.1 Å². The lowest BCUT2D eigenvalue weighted by molar-refractivity contribution is 0.100. The average Bonchev–Trinajstić information content (AvgIpc) is 2.69. The topological polar surface area (TPSA) is 78.7 Å². The molecule has 0 radical (unpaired) electrons. The van der Waals surface area contributed by atoms with Gasteiger partial charge in [-0.25, -0.2) is 9.69 Å². The maximum atomic E-state index is 13.4. The van der Waals surface area contributed by atoms with Crippen LogP contribution in [0.3, 0.4) is 0 Å². The Balaban J connectivity index is 1.78. The first-order valence-corrected chi connectivity index (χ1v) is 8.80. The summed E-state index contributed by atoms with van der Waals surface area (Å²) in [6, 6.07) is 16.6. The van der Waals surface area contributed by atoms with Gasteiger partial charge in [0.05, 0.1) is 17.8 Å². The fourth-order valence-electron chi connectivity index (χ4n) is 3.44. The van der Waals surface area contributed by atoms with Crippen molar-refractivity contribution in [1.82, 2.24) is 10.2 Å². The number of para-hydroxylation sites is 1. The van der Waals surface area contributed by atoms with Crippen LogP contribution in [-0.2, 0) is 6.54 Å². The molecule has 27 heavy (non-hydrogen) atoms. The molecule has 0 saturated carbocycles. The number of hydrogen-bond donors (Lipinski definition) is 2. The highest BCUT2D eigenvalue weighted by Gasteiger charge is 2.35. The molecule has 0 fully saturated rings. The van der Waals surface area contributed by atoms with Crippen molar-refractivity contribution in [1.29, 1.82) is 0 Å². The van der Waals surface area contributed by atoms with Crippen LogP contribution in [0.25, 0.3) is 0 Å². The molecule has 2 aliphatic rings. The van der Waals surface area contributed by atoms with Gasteiger partial charge in [-0.15, -0.1) is 0 Å². The molecule has 0 bridgehead atoms. The third-order valence-corrected chi connectivity index (χ3v) is 4.68. The number of urea groups is 1. The fourth-order valence-corrected chi connectivity index (χ4v) is 3.44. The normalized spacial score (nSPS) is 16.2. The summed E-state index contributed by atoms with van der Waals surface area (Å²) in [6.07, 6.45) is 4.05. The van der Waals surface area contributed by atoms with Gasteiger partial charge in [-0.2, -0.15) is 0 Å². The van der Waals surface area contributed by atoms with Gasteiger partial charge in [-0.3, -0.25) is 4.79 Å². The van der Waals surface area contributed by atoms with Gasteiger partial charge in [-0.05, 0) is 17.7 Å². The molecule has 6 heteroatoms. The summed E-state index contributed by atoms with van der Waals surface area (Å²) >= 11 is 0. The third-order valence-electron chi connectivity index (χ3n) is 4.68. The summed E-state index contributed by atoms with van der Waals surface area (Å²) in [6.45, 7) is 1.61. The molecule has 2 aliphatic heterocycles. The molecule has 0 atom stereocenters. The van der Waals surface area contributed by atoms with E-state index in [1.54, 1.807) is 34.1 Å². The highest BCUT2D eigenvalue weighted by Crippen LogP contribution is 2.31. The minimum atomic E-state index is -0.563. The molecular weight excluding hydrogens is 340 g/mol. The van der Waals surface area contributed by atoms with E-state index >= 15 is 0 Å². The van der Waals surface area contributed by atoms with Crippen LogP contribution >= 0.6 is 0 Å². The van der Waals surface area contributed by atoms with Crippen molar-refractivity contribution in [2.24, 2.45) is 5.73 Å². The molecule has 0 spiro atoms. The zero-order chi connectivity index (χ0) is 18.8. The van der Waals surface area contributed by atoms with Crippen molar-refractivity contribution in [3.8, 4) is 0 Å². The molecule has 0 aliphatic carbocycles. The second-order valence-corrected chi connectivity index (χ2v) is 6.50. The summed E-state index contributed by atoms with van der Waals surface area (Å²) in [5, 5.41) is 3.27. The lowest BCUT2D eigenvalue weighted by Gasteiger charge is -2.40. The number of primary amides is 1. The second-order valence-electron chi connectivity index (χ2n) is 6.50. The van der Waals surface area contributed by atoms with Gasteiger partial charge in [-0.1, -0.05) is 54.6 Å². The third kappa shape index (κ3) is 3.17. The number of rotatable bonds is 4.